The van der Waals surface area contributed by atoms with Crippen LogP contribution >= 0.6 is 0 Å². The molecule has 8 nitrogen and oxygen atoms in total. The van der Waals surface area contributed by atoms with Gasteiger partial charge < -0.3 is 15.0 Å². The maximum Gasteiger partial charge on any atom is 0.280 e. The summed E-state index contributed by atoms with van der Waals surface area (Å²) in [5.74, 6) is -0.0955. The minimum atomic E-state index is -2.81. The third-order valence-corrected chi connectivity index (χ3v) is 5.31. The summed E-state index contributed by atoms with van der Waals surface area (Å²) in [6, 6.07) is 10.3. The van der Waals surface area contributed by atoms with Gasteiger partial charge in [-0.15, -0.1) is 0 Å². The average Bonchev–Trinajstić information content (AvgIpc) is 3.26. The van der Waals surface area contributed by atoms with Crippen LogP contribution in [0.1, 0.15) is 49.2 Å². The van der Waals surface area contributed by atoms with Crippen LogP contribution in [0.25, 0.3) is 22.4 Å². The fourth-order valence-electron chi connectivity index (χ4n) is 3.76. The van der Waals surface area contributed by atoms with E-state index in [4.69, 9.17) is 10.5 Å². The summed E-state index contributed by atoms with van der Waals surface area (Å²) < 4.78 is 48.6. The molecule has 3 heterocycles. The van der Waals surface area contributed by atoms with Crippen LogP contribution < -0.4 is 10.5 Å². The maximum atomic E-state index is 13.6. The number of ether oxygens (including phenoxy) is 1. The van der Waals surface area contributed by atoms with E-state index in [0.29, 0.717) is 22.6 Å². The zero-order valence-corrected chi connectivity index (χ0v) is 19.7. The molecule has 0 bridgehead atoms. The summed E-state index contributed by atoms with van der Waals surface area (Å²) in [5, 5.41) is 9.25. The van der Waals surface area contributed by atoms with Crippen LogP contribution in [0.2, 0.25) is 0 Å². The Labute approximate surface area is 205 Å². The lowest BCUT2D eigenvalue weighted by Gasteiger charge is -2.17. The second-order valence-electron chi connectivity index (χ2n) is 8.28. The summed E-state index contributed by atoms with van der Waals surface area (Å²) in [6.07, 6.45) is -1.19. The summed E-state index contributed by atoms with van der Waals surface area (Å²) in [7, 11) is 0. The van der Waals surface area contributed by atoms with Crippen molar-refractivity contribution in [3.63, 3.8) is 0 Å². The van der Waals surface area contributed by atoms with Crippen molar-refractivity contribution in [3.05, 3.63) is 71.3 Å². The summed E-state index contributed by atoms with van der Waals surface area (Å²) in [6.45, 7) is 5.36. The number of hydrogen-bond donors (Lipinski definition) is 1. The predicted octanol–water partition coefficient (Wildman–Crippen LogP) is 5.40. The highest BCUT2D eigenvalue weighted by Crippen LogP contribution is 2.39. The number of nitrogen functional groups attached to an aromatic ring is 1. The van der Waals surface area contributed by atoms with Crippen LogP contribution in [0.5, 0.6) is 5.88 Å². The Morgan fingerprint density at radius 1 is 1.06 bits per heavy atom. The van der Waals surface area contributed by atoms with Crippen molar-refractivity contribution in [3.8, 4) is 34.3 Å². The zero-order chi connectivity index (χ0) is 26.0. The van der Waals surface area contributed by atoms with E-state index in [-0.39, 0.29) is 41.4 Å². The summed E-state index contributed by atoms with van der Waals surface area (Å²) >= 11 is 0. The lowest BCUT2D eigenvalue weighted by atomic mass is 9.99. The van der Waals surface area contributed by atoms with Gasteiger partial charge in [0.15, 0.2) is 5.69 Å². The number of nitriles is 1. The minimum Gasteiger partial charge on any atom is -0.469 e. The number of pyridine rings is 1. The third kappa shape index (κ3) is 5.12. The number of nitrogens with two attached hydrogens (primary N) is 1. The van der Waals surface area contributed by atoms with Crippen LogP contribution in [-0.4, -0.2) is 24.5 Å². The normalized spacial score (nSPS) is 11.2. The topological polar surface area (TPSA) is 116 Å². The first-order valence-electron chi connectivity index (χ1n) is 11.0. The molecule has 0 spiro atoms. The molecule has 184 valence electrons. The van der Waals surface area contributed by atoms with Gasteiger partial charge in [0.1, 0.15) is 30.0 Å². The Morgan fingerprint density at radius 3 is 2.42 bits per heavy atom. The highest BCUT2D eigenvalue weighted by molar-refractivity contribution is 5.85. The number of halogens is 3. The van der Waals surface area contributed by atoms with Gasteiger partial charge >= 0.3 is 0 Å². The molecule has 4 rings (SSSR count). The Morgan fingerprint density at radius 2 is 1.78 bits per heavy atom. The van der Waals surface area contributed by atoms with E-state index >= 15 is 0 Å². The predicted molar refractivity (Wildman–Crippen MR) is 126 cm³/mol. The number of anilines is 1. The number of alkyl halides is 2. The van der Waals surface area contributed by atoms with Gasteiger partial charge in [-0.05, 0) is 62.7 Å². The van der Waals surface area contributed by atoms with Gasteiger partial charge in [0.25, 0.3) is 6.43 Å². The monoisotopic (exact) mass is 493 g/mol. The van der Waals surface area contributed by atoms with E-state index in [0.717, 1.165) is 0 Å². The molecule has 0 fully saturated rings. The first kappa shape index (κ1) is 24.7. The molecule has 0 aliphatic heterocycles. The highest BCUT2D eigenvalue weighted by atomic mass is 19.3. The van der Waals surface area contributed by atoms with E-state index in [9.17, 15) is 18.4 Å². The molecule has 36 heavy (non-hydrogen) atoms. The zero-order valence-electron chi connectivity index (χ0n) is 19.7. The lowest BCUT2D eigenvalue weighted by Crippen LogP contribution is -2.11. The summed E-state index contributed by atoms with van der Waals surface area (Å²) in [4.78, 5) is 16.7. The van der Waals surface area contributed by atoms with Crippen molar-refractivity contribution in [2.24, 2.45) is 0 Å². The van der Waals surface area contributed by atoms with Crippen LogP contribution in [0, 0.1) is 24.1 Å². The van der Waals surface area contributed by atoms with Crippen molar-refractivity contribution >= 4 is 5.95 Å². The molecule has 0 atom stereocenters. The molecule has 2 N–H and O–H groups in total. The number of rotatable bonds is 7. The Balaban J connectivity index is 1.89. The fourth-order valence-corrected chi connectivity index (χ4v) is 3.76. The molecule has 11 heteroatoms. The van der Waals surface area contributed by atoms with Gasteiger partial charge in [-0.3, -0.25) is 4.98 Å². The summed E-state index contributed by atoms with van der Waals surface area (Å²) in [5.41, 5.74) is 7.50. The molecule has 0 amide bonds. The molecule has 0 aliphatic rings. The van der Waals surface area contributed by atoms with E-state index in [2.05, 4.69) is 19.9 Å². The molecule has 1 aromatic carbocycles. The van der Waals surface area contributed by atoms with Crippen molar-refractivity contribution < 1.29 is 17.9 Å². The Hall–Kier alpha value is -4.46. The smallest absolute Gasteiger partial charge is 0.280 e. The fraction of sp³-hybridized carbons (Fsp3) is 0.240. The second-order valence-corrected chi connectivity index (χ2v) is 8.28. The number of hydrogen-bond acceptors (Lipinski definition) is 7. The van der Waals surface area contributed by atoms with Gasteiger partial charge in [-0.1, -0.05) is 0 Å². The number of aromatic nitrogens is 5. The largest absolute Gasteiger partial charge is 0.469 e. The molecule has 0 saturated carbocycles. The van der Waals surface area contributed by atoms with Crippen molar-refractivity contribution in [2.75, 3.05) is 5.73 Å². The Bertz CT molecular complexity index is 1440. The van der Waals surface area contributed by atoms with E-state index in [1.54, 1.807) is 23.8 Å². The van der Waals surface area contributed by atoms with Gasteiger partial charge in [0.05, 0.1) is 11.3 Å². The molecule has 4 aromatic rings. The van der Waals surface area contributed by atoms with Gasteiger partial charge in [0.2, 0.25) is 11.8 Å². The molecular weight excluding hydrogens is 471 g/mol. The van der Waals surface area contributed by atoms with Crippen LogP contribution in [0.4, 0.5) is 19.1 Å². The first-order valence-corrected chi connectivity index (χ1v) is 11.0. The van der Waals surface area contributed by atoms with Crippen molar-refractivity contribution in [2.45, 2.75) is 39.8 Å². The molecule has 0 aliphatic carbocycles. The van der Waals surface area contributed by atoms with Crippen LogP contribution in [0.15, 0.2) is 42.6 Å². The SMILES string of the molecule is Cc1cc(-c2c(OCc3nc(C#N)cn3C(C)C)nc(N)nc2-c2ccc(F)cc2)cc(C(F)F)n1. The standard InChI is InChI=1S/C25H22F3N7O/c1-13(2)35-11-18(10-29)32-20(35)12-36-24-21(16-8-14(3)31-19(9-16)23(27)28)22(33-25(30)34-24)15-4-6-17(26)7-5-15/h4-9,11,13,23H,12H2,1-3H3,(H2,30,33,34). The van der Waals surface area contributed by atoms with E-state index in [1.807, 2.05) is 19.9 Å². The number of nitrogens with zero attached hydrogens (tertiary/aromatic N) is 6. The molecule has 3 aromatic heterocycles. The van der Waals surface area contributed by atoms with E-state index in [1.165, 1.54) is 30.3 Å². The van der Waals surface area contributed by atoms with Crippen molar-refractivity contribution in [1.29, 1.82) is 5.26 Å². The van der Waals surface area contributed by atoms with Gasteiger partial charge in [-0.2, -0.15) is 10.2 Å². The number of benzene rings is 1. The molecule has 0 radical (unpaired) electrons. The van der Waals surface area contributed by atoms with Crippen molar-refractivity contribution in [1.82, 2.24) is 24.5 Å². The number of imidazole rings is 1. The van der Waals surface area contributed by atoms with E-state index < -0.39 is 17.9 Å². The molecule has 0 saturated heterocycles. The van der Waals surface area contributed by atoms with Gasteiger partial charge in [-0.25, -0.2) is 23.1 Å². The maximum absolute atomic E-state index is 13.6. The minimum absolute atomic E-state index is 0.000590. The highest BCUT2D eigenvalue weighted by Gasteiger charge is 2.22. The van der Waals surface area contributed by atoms with Crippen LogP contribution in [0.3, 0.4) is 0 Å². The first-order chi connectivity index (χ1) is 17.2. The Kier molecular flexibility index (Phi) is 6.87. The number of aryl methyl sites for hydroxylation is 1. The van der Waals surface area contributed by atoms with Gasteiger partial charge in [0, 0.05) is 23.5 Å². The molecule has 0 unspecified atom stereocenters. The van der Waals surface area contributed by atoms with Crippen LogP contribution in [-0.2, 0) is 6.61 Å². The quantitative estimate of drug-likeness (QED) is 0.366. The lowest BCUT2D eigenvalue weighted by molar-refractivity contribution is 0.146. The average molecular weight is 493 g/mol. The third-order valence-electron chi connectivity index (χ3n) is 5.31. The molecular formula is C25H22F3N7O. The second kappa shape index (κ2) is 10.0.